The number of rotatable bonds is 1. The second-order valence-electron chi connectivity index (χ2n) is 4.27. The lowest BCUT2D eigenvalue weighted by Crippen LogP contribution is -1.92. The van der Waals surface area contributed by atoms with E-state index < -0.39 is 0 Å². The molecule has 0 saturated heterocycles. The van der Waals surface area contributed by atoms with Crippen molar-refractivity contribution in [1.82, 2.24) is 14.6 Å². The summed E-state index contributed by atoms with van der Waals surface area (Å²) >= 11 is 0. The molecule has 2 N–H and O–H groups in total. The zero-order chi connectivity index (χ0) is 12.8. The van der Waals surface area contributed by atoms with Gasteiger partial charge in [0.25, 0.3) is 0 Å². The Bertz CT molecular complexity index is 781. The van der Waals surface area contributed by atoms with Gasteiger partial charge in [0, 0.05) is 5.56 Å². The summed E-state index contributed by atoms with van der Waals surface area (Å²) in [4.78, 5) is 4.45. The Morgan fingerprint density at radius 2 is 2.00 bits per heavy atom. The van der Waals surface area contributed by atoms with Crippen LogP contribution in [0.15, 0.2) is 36.5 Å². The van der Waals surface area contributed by atoms with Crippen molar-refractivity contribution in [1.29, 1.82) is 0 Å². The van der Waals surface area contributed by atoms with Gasteiger partial charge in [0.05, 0.1) is 11.9 Å². The number of pyridine rings is 1. The van der Waals surface area contributed by atoms with Gasteiger partial charge in [-0.3, -0.25) is 0 Å². The van der Waals surface area contributed by atoms with Crippen molar-refractivity contribution in [2.45, 2.75) is 0 Å². The minimum atomic E-state index is 0.258. The Balaban J connectivity index is 1.85. The third-order valence-corrected chi connectivity index (χ3v) is 2.98. The first-order valence-electron chi connectivity index (χ1n) is 5.81. The number of nitrogens with zero attached hydrogens (tertiary/aromatic N) is 3. The monoisotopic (exact) mass is 254 g/mol. The van der Waals surface area contributed by atoms with Crippen molar-refractivity contribution in [3.63, 3.8) is 0 Å². The molecule has 94 valence electrons. The molecule has 0 saturated carbocycles. The summed E-state index contributed by atoms with van der Waals surface area (Å²) in [6, 6.07) is 9.27. The Morgan fingerprint density at radius 1 is 1.11 bits per heavy atom. The van der Waals surface area contributed by atoms with Crippen LogP contribution in [0.5, 0.6) is 11.5 Å². The van der Waals surface area contributed by atoms with Crippen molar-refractivity contribution in [2.24, 2.45) is 0 Å². The molecular formula is C13H10N4O2. The molecule has 6 nitrogen and oxygen atoms in total. The van der Waals surface area contributed by atoms with Crippen LogP contribution in [0, 0.1) is 0 Å². The van der Waals surface area contributed by atoms with E-state index in [1.165, 1.54) is 0 Å². The van der Waals surface area contributed by atoms with Gasteiger partial charge >= 0.3 is 0 Å². The minimum absolute atomic E-state index is 0.258. The highest BCUT2D eigenvalue weighted by Crippen LogP contribution is 2.35. The van der Waals surface area contributed by atoms with E-state index in [0.717, 1.165) is 22.7 Å². The molecule has 0 fully saturated rings. The fraction of sp³-hybridized carbons (Fsp3) is 0.0769. The maximum atomic E-state index is 5.72. The van der Waals surface area contributed by atoms with Gasteiger partial charge in [0.1, 0.15) is 0 Å². The van der Waals surface area contributed by atoms with Crippen LogP contribution >= 0.6 is 0 Å². The Kier molecular flexibility index (Phi) is 1.94. The topological polar surface area (TPSA) is 74.7 Å². The number of nitrogen functional groups attached to an aromatic ring is 1. The van der Waals surface area contributed by atoms with Gasteiger partial charge in [-0.25, -0.2) is 9.50 Å². The lowest BCUT2D eigenvalue weighted by Gasteiger charge is -1.97. The van der Waals surface area contributed by atoms with Gasteiger partial charge in [-0.2, -0.15) is 0 Å². The maximum Gasteiger partial charge on any atom is 0.231 e. The molecule has 0 bridgehead atoms. The minimum Gasteiger partial charge on any atom is -0.454 e. The molecule has 3 heterocycles. The van der Waals surface area contributed by atoms with E-state index >= 15 is 0 Å². The molecule has 19 heavy (non-hydrogen) atoms. The number of fused-ring (bicyclic) bond motifs is 2. The molecular weight excluding hydrogens is 244 g/mol. The summed E-state index contributed by atoms with van der Waals surface area (Å²) in [5.41, 5.74) is 8.00. The molecule has 1 aliphatic rings. The Labute approximate surface area is 108 Å². The molecule has 3 aromatic rings. The molecule has 0 amide bonds. The van der Waals surface area contributed by atoms with Crippen molar-refractivity contribution < 1.29 is 9.47 Å². The molecule has 0 spiro atoms. The first-order valence-corrected chi connectivity index (χ1v) is 5.81. The van der Waals surface area contributed by atoms with Crippen molar-refractivity contribution in [2.75, 3.05) is 12.5 Å². The van der Waals surface area contributed by atoms with E-state index in [0.29, 0.717) is 11.5 Å². The normalized spacial score (nSPS) is 13.1. The Hall–Kier alpha value is -2.76. The predicted molar refractivity (Wildman–Crippen MR) is 69.0 cm³/mol. The SMILES string of the molecule is Nc1ccc2nc(-c3ccc4c(c3)OCO4)nn2c1. The van der Waals surface area contributed by atoms with Crippen LogP contribution in [-0.4, -0.2) is 21.4 Å². The summed E-state index contributed by atoms with van der Waals surface area (Å²) in [5.74, 6) is 2.09. The molecule has 2 aromatic heterocycles. The van der Waals surface area contributed by atoms with E-state index in [9.17, 15) is 0 Å². The number of benzene rings is 1. The van der Waals surface area contributed by atoms with Gasteiger partial charge in [-0.05, 0) is 30.3 Å². The first kappa shape index (κ1) is 10.2. The largest absolute Gasteiger partial charge is 0.454 e. The lowest BCUT2D eigenvalue weighted by atomic mass is 10.2. The van der Waals surface area contributed by atoms with Crippen LogP contribution in [0.4, 0.5) is 5.69 Å². The lowest BCUT2D eigenvalue weighted by molar-refractivity contribution is 0.174. The maximum absolute atomic E-state index is 5.72. The van der Waals surface area contributed by atoms with Gasteiger partial charge in [-0.1, -0.05) is 0 Å². The summed E-state index contributed by atoms with van der Waals surface area (Å²) < 4.78 is 12.3. The zero-order valence-electron chi connectivity index (χ0n) is 9.91. The van der Waals surface area contributed by atoms with Crippen LogP contribution in [-0.2, 0) is 0 Å². The fourth-order valence-electron chi connectivity index (χ4n) is 2.06. The molecule has 6 heteroatoms. The highest BCUT2D eigenvalue weighted by atomic mass is 16.7. The van der Waals surface area contributed by atoms with E-state index in [1.807, 2.05) is 24.3 Å². The van der Waals surface area contributed by atoms with Crippen LogP contribution in [0.2, 0.25) is 0 Å². The van der Waals surface area contributed by atoms with Gasteiger partial charge in [-0.15, -0.1) is 5.10 Å². The quantitative estimate of drug-likeness (QED) is 0.715. The standard InChI is InChI=1S/C13H10N4O2/c14-9-2-4-12-15-13(16-17(12)6-9)8-1-3-10-11(5-8)19-7-18-10/h1-6H,7,14H2. The number of anilines is 1. The van der Waals surface area contributed by atoms with Crippen molar-refractivity contribution in [3.8, 4) is 22.9 Å². The second kappa shape index (κ2) is 3.61. The average molecular weight is 254 g/mol. The van der Waals surface area contributed by atoms with Gasteiger partial charge < -0.3 is 15.2 Å². The average Bonchev–Trinajstić information content (AvgIpc) is 3.02. The molecule has 0 radical (unpaired) electrons. The number of aromatic nitrogens is 3. The van der Waals surface area contributed by atoms with E-state index in [2.05, 4.69) is 10.1 Å². The van der Waals surface area contributed by atoms with Crippen LogP contribution in [0.25, 0.3) is 17.0 Å². The fourth-order valence-corrected chi connectivity index (χ4v) is 2.06. The zero-order valence-corrected chi connectivity index (χ0v) is 9.91. The number of hydrogen-bond donors (Lipinski definition) is 1. The first-order chi connectivity index (χ1) is 9.29. The summed E-state index contributed by atoms with van der Waals surface area (Å²) in [6.07, 6.45) is 1.73. The molecule has 4 rings (SSSR count). The van der Waals surface area contributed by atoms with Gasteiger partial charge in [0.2, 0.25) is 6.79 Å². The molecule has 0 atom stereocenters. The van der Waals surface area contributed by atoms with E-state index in [4.69, 9.17) is 15.2 Å². The number of hydrogen-bond acceptors (Lipinski definition) is 5. The number of nitrogens with two attached hydrogens (primary N) is 1. The highest BCUT2D eigenvalue weighted by molar-refractivity contribution is 5.63. The molecule has 1 aromatic carbocycles. The second-order valence-corrected chi connectivity index (χ2v) is 4.27. The highest BCUT2D eigenvalue weighted by Gasteiger charge is 2.15. The van der Waals surface area contributed by atoms with Crippen LogP contribution < -0.4 is 15.2 Å². The third kappa shape index (κ3) is 1.57. The van der Waals surface area contributed by atoms with Crippen molar-refractivity contribution in [3.05, 3.63) is 36.5 Å². The molecule has 1 aliphatic heterocycles. The third-order valence-electron chi connectivity index (χ3n) is 2.98. The van der Waals surface area contributed by atoms with Gasteiger partial charge in [0.15, 0.2) is 23.0 Å². The summed E-state index contributed by atoms with van der Waals surface area (Å²) in [5, 5.41) is 4.40. The summed E-state index contributed by atoms with van der Waals surface area (Å²) in [6.45, 7) is 0.258. The predicted octanol–water partition coefficient (Wildman–Crippen LogP) is 1.71. The smallest absolute Gasteiger partial charge is 0.231 e. The number of ether oxygens (including phenoxy) is 2. The molecule has 0 aliphatic carbocycles. The van der Waals surface area contributed by atoms with Crippen molar-refractivity contribution >= 4 is 11.3 Å². The Morgan fingerprint density at radius 3 is 2.95 bits per heavy atom. The van der Waals surface area contributed by atoms with Crippen LogP contribution in [0.3, 0.4) is 0 Å². The van der Waals surface area contributed by atoms with Crippen LogP contribution in [0.1, 0.15) is 0 Å². The summed E-state index contributed by atoms with van der Waals surface area (Å²) in [7, 11) is 0. The van der Waals surface area contributed by atoms with E-state index in [-0.39, 0.29) is 6.79 Å². The van der Waals surface area contributed by atoms with E-state index in [1.54, 1.807) is 16.8 Å². The molecule has 0 unspecified atom stereocenters.